The Morgan fingerprint density at radius 2 is 2.08 bits per heavy atom. The molecular weight excluding hydrogens is 312 g/mol. The van der Waals surface area contributed by atoms with Crippen LogP contribution >= 0.6 is 0 Å². The summed E-state index contributed by atoms with van der Waals surface area (Å²) in [4.78, 5) is 16.2. The van der Waals surface area contributed by atoms with E-state index in [2.05, 4.69) is 53.9 Å². The van der Waals surface area contributed by atoms with Crippen molar-refractivity contribution in [3.8, 4) is 0 Å². The Balaban J connectivity index is 1.70. The quantitative estimate of drug-likeness (QED) is 0.730. The molecule has 4 heteroatoms. The van der Waals surface area contributed by atoms with Gasteiger partial charge in [0, 0.05) is 30.4 Å². The molecule has 25 heavy (non-hydrogen) atoms. The predicted molar refractivity (Wildman–Crippen MR) is 98.3 cm³/mol. The summed E-state index contributed by atoms with van der Waals surface area (Å²) in [5, 5.41) is 10.8. The van der Waals surface area contributed by atoms with Crippen molar-refractivity contribution in [2.75, 3.05) is 0 Å². The smallest absolute Gasteiger partial charge is 0.337 e. The van der Waals surface area contributed by atoms with E-state index in [1.807, 2.05) is 12.3 Å². The van der Waals surface area contributed by atoms with Gasteiger partial charge in [0.2, 0.25) is 0 Å². The zero-order valence-corrected chi connectivity index (χ0v) is 14.6. The molecule has 4 nitrogen and oxygen atoms in total. The standard InChI is InChI=1S/C21H22N2O2/c1-13(2)23-8-7-16-4-3-14(10-20(16)23)9-19-18(21(24)25)11-17(12-22-19)15-5-6-15/h3-4,7-8,10-13,15H,5-6,9H2,1-2H3,(H,24,25). The molecule has 4 rings (SSSR count). The minimum Gasteiger partial charge on any atom is -0.478 e. The van der Waals surface area contributed by atoms with Crippen LogP contribution in [0.25, 0.3) is 10.9 Å². The lowest BCUT2D eigenvalue weighted by Crippen LogP contribution is -2.07. The van der Waals surface area contributed by atoms with E-state index in [-0.39, 0.29) is 0 Å². The third-order valence-electron chi connectivity index (χ3n) is 4.99. The fourth-order valence-corrected chi connectivity index (χ4v) is 3.42. The van der Waals surface area contributed by atoms with Gasteiger partial charge < -0.3 is 9.67 Å². The zero-order valence-electron chi connectivity index (χ0n) is 14.6. The van der Waals surface area contributed by atoms with Crippen LogP contribution in [0.4, 0.5) is 0 Å². The summed E-state index contributed by atoms with van der Waals surface area (Å²) in [7, 11) is 0. The Kier molecular flexibility index (Phi) is 3.83. The van der Waals surface area contributed by atoms with Gasteiger partial charge in [0.25, 0.3) is 0 Å². The summed E-state index contributed by atoms with van der Waals surface area (Å²) in [5.41, 5.74) is 4.30. The Morgan fingerprint density at radius 3 is 2.76 bits per heavy atom. The van der Waals surface area contributed by atoms with Gasteiger partial charge in [0.05, 0.1) is 11.3 Å². The van der Waals surface area contributed by atoms with Crippen LogP contribution in [0.1, 0.15) is 65.8 Å². The second kappa shape index (κ2) is 6.03. The van der Waals surface area contributed by atoms with Gasteiger partial charge in [-0.05, 0) is 67.3 Å². The number of benzene rings is 1. The largest absolute Gasteiger partial charge is 0.478 e. The van der Waals surface area contributed by atoms with E-state index in [9.17, 15) is 9.90 Å². The number of nitrogens with zero attached hydrogens (tertiary/aromatic N) is 2. The normalized spacial score (nSPS) is 14.4. The van der Waals surface area contributed by atoms with Gasteiger partial charge in [-0.2, -0.15) is 0 Å². The molecule has 1 fully saturated rings. The zero-order chi connectivity index (χ0) is 17.6. The van der Waals surface area contributed by atoms with Gasteiger partial charge in [0.1, 0.15) is 0 Å². The molecule has 0 unspecified atom stereocenters. The first-order chi connectivity index (χ1) is 12.0. The molecule has 1 aliphatic carbocycles. The Morgan fingerprint density at radius 1 is 1.28 bits per heavy atom. The number of carbonyl (C=O) groups is 1. The van der Waals surface area contributed by atoms with Crippen molar-refractivity contribution < 1.29 is 9.90 Å². The lowest BCUT2D eigenvalue weighted by Gasteiger charge is -2.11. The monoisotopic (exact) mass is 334 g/mol. The van der Waals surface area contributed by atoms with E-state index in [0.717, 1.165) is 24.0 Å². The lowest BCUT2D eigenvalue weighted by atomic mass is 10.0. The van der Waals surface area contributed by atoms with Gasteiger partial charge in [-0.25, -0.2) is 4.79 Å². The van der Waals surface area contributed by atoms with Crippen molar-refractivity contribution in [1.82, 2.24) is 9.55 Å². The van der Waals surface area contributed by atoms with Gasteiger partial charge >= 0.3 is 5.97 Å². The number of aromatic carboxylic acids is 1. The molecule has 1 saturated carbocycles. The van der Waals surface area contributed by atoms with Gasteiger partial charge in [-0.3, -0.25) is 4.98 Å². The summed E-state index contributed by atoms with van der Waals surface area (Å²) in [6, 6.07) is 10.6. The van der Waals surface area contributed by atoms with E-state index in [4.69, 9.17) is 0 Å². The van der Waals surface area contributed by atoms with Crippen molar-refractivity contribution in [2.24, 2.45) is 0 Å². The van der Waals surface area contributed by atoms with Crippen molar-refractivity contribution in [3.05, 3.63) is 65.1 Å². The summed E-state index contributed by atoms with van der Waals surface area (Å²) in [6.07, 6.45) is 6.77. The SMILES string of the molecule is CC(C)n1ccc2ccc(Cc3ncc(C4CC4)cc3C(=O)O)cc21. The number of hydrogen-bond acceptors (Lipinski definition) is 2. The molecule has 2 heterocycles. The van der Waals surface area contributed by atoms with E-state index in [0.29, 0.717) is 29.6 Å². The second-order valence-electron chi connectivity index (χ2n) is 7.23. The number of hydrogen-bond donors (Lipinski definition) is 1. The Labute approximate surface area is 147 Å². The molecule has 3 aromatic rings. The van der Waals surface area contributed by atoms with E-state index in [1.165, 1.54) is 10.9 Å². The van der Waals surface area contributed by atoms with Crippen LogP contribution in [-0.4, -0.2) is 20.6 Å². The van der Waals surface area contributed by atoms with Gasteiger partial charge in [0.15, 0.2) is 0 Å². The van der Waals surface area contributed by atoms with Crippen LogP contribution in [0, 0.1) is 0 Å². The number of carboxylic acids is 1. The number of rotatable bonds is 5. The van der Waals surface area contributed by atoms with Crippen molar-refractivity contribution in [2.45, 2.75) is 45.1 Å². The van der Waals surface area contributed by atoms with Crippen LogP contribution in [0.3, 0.4) is 0 Å². The fourth-order valence-electron chi connectivity index (χ4n) is 3.42. The maximum Gasteiger partial charge on any atom is 0.337 e. The van der Waals surface area contributed by atoms with E-state index < -0.39 is 5.97 Å². The first-order valence-corrected chi connectivity index (χ1v) is 8.84. The molecule has 0 atom stereocenters. The van der Waals surface area contributed by atoms with Crippen LogP contribution in [-0.2, 0) is 6.42 Å². The molecule has 0 amide bonds. The number of aromatic nitrogens is 2. The van der Waals surface area contributed by atoms with E-state index >= 15 is 0 Å². The Hall–Kier alpha value is -2.62. The highest BCUT2D eigenvalue weighted by molar-refractivity contribution is 5.89. The van der Waals surface area contributed by atoms with Crippen LogP contribution in [0.2, 0.25) is 0 Å². The highest BCUT2D eigenvalue weighted by Gasteiger charge is 2.25. The second-order valence-corrected chi connectivity index (χ2v) is 7.23. The number of carboxylic acid groups (broad SMARTS) is 1. The minimum absolute atomic E-state index is 0.337. The van der Waals surface area contributed by atoms with Gasteiger partial charge in [-0.15, -0.1) is 0 Å². The molecule has 1 aromatic carbocycles. The molecule has 0 radical (unpaired) electrons. The van der Waals surface area contributed by atoms with Crippen molar-refractivity contribution in [1.29, 1.82) is 0 Å². The highest BCUT2D eigenvalue weighted by atomic mass is 16.4. The van der Waals surface area contributed by atoms with Crippen LogP contribution < -0.4 is 0 Å². The number of fused-ring (bicyclic) bond motifs is 1. The highest BCUT2D eigenvalue weighted by Crippen LogP contribution is 2.40. The molecule has 0 aliphatic heterocycles. The van der Waals surface area contributed by atoms with Crippen molar-refractivity contribution >= 4 is 16.9 Å². The Bertz CT molecular complexity index is 952. The average molecular weight is 334 g/mol. The molecule has 0 spiro atoms. The third-order valence-corrected chi connectivity index (χ3v) is 4.99. The van der Waals surface area contributed by atoms with Crippen LogP contribution in [0.15, 0.2) is 42.7 Å². The van der Waals surface area contributed by atoms with Gasteiger partial charge in [-0.1, -0.05) is 12.1 Å². The summed E-state index contributed by atoms with van der Waals surface area (Å²) < 4.78 is 2.24. The lowest BCUT2D eigenvalue weighted by molar-refractivity contribution is 0.0695. The summed E-state index contributed by atoms with van der Waals surface area (Å²) >= 11 is 0. The molecule has 0 saturated heterocycles. The van der Waals surface area contributed by atoms with E-state index in [1.54, 1.807) is 0 Å². The topological polar surface area (TPSA) is 55.1 Å². The predicted octanol–water partition coefficient (Wildman–Crippen LogP) is 4.78. The molecular formula is C21H22N2O2. The summed E-state index contributed by atoms with van der Waals surface area (Å²) in [6.45, 7) is 4.32. The molecule has 128 valence electrons. The molecule has 0 bridgehead atoms. The summed E-state index contributed by atoms with van der Waals surface area (Å²) in [5.74, 6) is -0.387. The minimum atomic E-state index is -0.892. The average Bonchev–Trinajstić information content (AvgIpc) is 3.34. The third kappa shape index (κ3) is 3.04. The van der Waals surface area contributed by atoms with Crippen molar-refractivity contribution in [3.63, 3.8) is 0 Å². The maximum atomic E-state index is 11.7. The molecule has 2 aromatic heterocycles. The number of pyridine rings is 1. The fraction of sp³-hybridized carbons (Fsp3) is 0.333. The van der Waals surface area contributed by atoms with Crippen LogP contribution in [0.5, 0.6) is 0 Å². The first kappa shape index (κ1) is 15.9. The maximum absolute atomic E-state index is 11.7. The first-order valence-electron chi connectivity index (χ1n) is 8.84. The molecule has 1 aliphatic rings. The molecule has 1 N–H and O–H groups in total.